The maximum absolute atomic E-state index is 9.26. The van der Waals surface area contributed by atoms with Gasteiger partial charge in [-0.05, 0) is 43.9 Å². The highest BCUT2D eigenvalue weighted by Crippen LogP contribution is 2.24. The molecular weight excluding hydrogens is 262 g/mol. The van der Waals surface area contributed by atoms with Gasteiger partial charge in [-0.2, -0.15) is 5.26 Å². The molecule has 0 amide bonds. The van der Waals surface area contributed by atoms with E-state index in [9.17, 15) is 5.26 Å². The molecule has 0 radical (unpaired) electrons. The van der Waals surface area contributed by atoms with Gasteiger partial charge in [0.15, 0.2) is 0 Å². The Bertz CT molecular complexity index is 528. The third-order valence-electron chi connectivity index (χ3n) is 4.32. The molecule has 5 heteroatoms. The lowest BCUT2D eigenvalue weighted by molar-refractivity contribution is 0.240. The SMILES string of the molecule is N#Cc1cc2c(nc1NCCCN1CCNCC1)CCC2. The van der Waals surface area contributed by atoms with Crippen LogP contribution in [0, 0.1) is 11.3 Å². The van der Waals surface area contributed by atoms with E-state index >= 15 is 0 Å². The highest BCUT2D eigenvalue weighted by Gasteiger charge is 2.16. The zero-order chi connectivity index (χ0) is 14.5. The molecule has 1 aromatic rings. The summed E-state index contributed by atoms with van der Waals surface area (Å²) in [5.41, 5.74) is 3.13. The standard InChI is InChI=1S/C16H23N5/c17-12-14-11-13-3-1-4-15(13)20-16(14)19-5-2-8-21-9-6-18-7-10-21/h11,18H,1-10H2,(H,19,20). The molecule has 1 fully saturated rings. The van der Waals surface area contributed by atoms with Crippen molar-refractivity contribution >= 4 is 5.82 Å². The number of hydrogen-bond donors (Lipinski definition) is 2. The van der Waals surface area contributed by atoms with Gasteiger partial charge in [-0.1, -0.05) is 0 Å². The van der Waals surface area contributed by atoms with Gasteiger partial charge in [0.05, 0.1) is 5.56 Å². The molecule has 1 saturated heterocycles. The fourth-order valence-electron chi connectivity index (χ4n) is 3.14. The summed E-state index contributed by atoms with van der Waals surface area (Å²) in [6.45, 7) is 6.46. The molecule has 0 bridgehead atoms. The van der Waals surface area contributed by atoms with Gasteiger partial charge >= 0.3 is 0 Å². The minimum absolute atomic E-state index is 0.692. The minimum Gasteiger partial charge on any atom is -0.369 e. The second-order valence-electron chi connectivity index (χ2n) is 5.83. The van der Waals surface area contributed by atoms with Gasteiger partial charge in [0, 0.05) is 38.4 Å². The smallest absolute Gasteiger partial charge is 0.144 e. The molecular formula is C16H23N5. The van der Waals surface area contributed by atoms with Crippen LogP contribution >= 0.6 is 0 Å². The summed E-state index contributed by atoms with van der Waals surface area (Å²) in [6, 6.07) is 4.29. The van der Waals surface area contributed by atoms with E-state index in [1.165, 1.54) is 17.7 Å². The zero-order valence-electron chi connectivity index (χ0n) is 12.5. The zero-order valence-corrected chi connectivity index (χ0v) is 12.5. The van der Waals surface area contributed by atoms with Crippen molar-refractivity contribution < 1.29 is 0 Å². The summed E-state index contributed by atoms with van der Waals surface area (Å²) < 4.78 is 0. The number of nitriles is 1. The van der Waals surface area contributed by atoms with Crippen LogP contribution in [-0.2, 0) is 12.8 Å². The lowest BCUT2D eigenvalue weighted by Crippen LogP contribution is -2.44. The number of hydrogen-bond acceptors (Lipinski definition) is 5. The van der Waals surface area contributed by atoms with Crippen molar-refractivity contribution in [2.75, 3.05) is 44.6 Å². The van der Waals surface area contributed by atoms with Gasteiger partial charge in [0.25, 0.3) is 0 Å². The number of anilines is 1. The van der Waals surface area contributed by atoms with Crippen molar-refractivity contribution in [2.45, 2.75) is 25.7 Å². The van der Waals surface area contributed by atoms with Crippen LogP contribution in [0.25, 0.3) is 0 Å². The van der Waals surface area contributed by atoms with Gasteiger partial charge in [0.1, 0.15) is 11.9 Å². The van der Waals surface area contributed by atoms with Crippen LogP contribution in [0.2, 0.25) is 0 Å². The number of rotatable bonds is 5. The van der Waals surface area contributed by atoms with E-state index in [0.717, 1.165) is 64.3 Å². The molecule has 2 aliphatic rings. The number of piperazine rings is 1. The first kappa shape index (κ1) is 14.3. The fraction of sp³-hybridized carbons (Fsp3) is 0.625. The van der Waals surface area contributed by atoms with Crippen LogP contribution in [0.5, 0.6) is 0 Å². The van der Waals surface area contributed by atoms with Crippen molar-refractivity contribution in [1.29, 1.82) is 5.26 Å². The summed E-state index contributed by atoms with van der Waals surface area (Å²) in [4.78, 5) is 7.14. The van der Waals surface area contributed by atoms with Crippen LogP contribution in [0.3, 0.4) is 0 Å². The predicted octanol–water partition coefficient (Wildman–Crippen LogP) is 1.15. The van der Waals surface area contributed by atoms with Gasteiger partial charge in [-0.15, -0.1) is 0 Å². The average molecular weight is 285 g/mol. The molecule has 0 unspecified atom stereocenters. The Hall–Kier alpha value is -1.64. The predicted molar refractivity (Wildman–Crippen MR) is 83.4 cm³/mol. The fourth-order valence-corrected chi connectivity index (χ4v) is 3.14. The summed E-state index contributed by atoms with van der Waals surface area (Å²) in [6.07, 6.45) is 4.38. The number of fused-ring (bicyclic) bond motifs is 1. The molecule has 21 heavy (non-hydrogen) atoms. The largest absolute Gasteiger partial charge is 0.369 e. The Morgan fingerprint density at radius 1 is 1.33 bits per heavy atom. The molecule has 0 atom stereocenters. The maximum Gasteiger partial charge on any atom is 0.144 e. The monoisotopic (exact) mass is 285 g/mol. The molecule has 2 heterocycles. The van der Waals surface area contributed by atoms with E-state index in [1.54, 1.807) is 0 Å². The molecule has 0 saturated carbocycles. The van der Waals surface area contributed by atoms with Gasteiger partial charge in [0.2, 0.25) is 0 Å². The van der Waals surface area contributed by atoms with E-state index in [2.05, 4.69) is 26.6 Å². The third kappa shape index (κ3) is 3.52. The second-order valence-corrected chi connectivity index (χ2v) is 5.83. The Morgan fingerprint density at radius 3 is 3.00 bits per heavy atom. The number of pyridine rings is 1. The lowest BCUT2D eigenvalue weighted by Gasteiger charge is -2.27. The van der Waals surface area contributed by atoms with Gasteiger partial charge in [-0.25, -0.2) is 4.98 Å². The number of nitrogens with one attached hydrogen (secondary N) is 2. The van der Waals surface area contributed by atoms with E-state index in [0.29, 0.717) is 5.56 Å². The van der Waals surface area contributed by atoms with Crippen LogP contribution in [0.1, 0.15) is 29.7 Å². The molecule has 5 nitrogen and oxygen atoms in total. The van der Waals surface area contributed by atoms with Crippen molar-refractivity contribution in [2.24, 2.45) is 0 Å². The van der Waals surface area contributed by atoms with Crippen molar-refractivity contribution in [1.82, 2.24) is 15.2 Å². The summed E-state index contributed by atoms with van der Waals surface area (Å²) >= 11 is 0. The van der Waals surface area contributed by atoms with E-state index < -0.39 is 0 Å². The molecule has 0 aromatic carbocycles. The normalized spacial score (nSPS) is 18.2. The molecule has 1 aliphatic heterocycles. The highest BCUT2D eigenvalue weighted by molar-refractivity contribution is 5.55. The Morgan fingerprint density at radius 2 is 2.19 bits per heavy atom. The van der Waals surface area contributed by atoms with E-state index in [1.807, 2.05) is 6.07 Å². The Kier molecular flexibility index (Phi) is 4.69. The summed E-state index contributed by atoms with van der Waals surface area (Å²) in [7, 11) is 0. The topological polar surface area (TPSA) is 64.0 Å². The molecule has 0 spiro atoms. The summed E-state index contributed by atoms with van der Waals surface area (Å²) in [5, 5.41) is 16.0. The number of aromatic nitrogens is 1. The van der Waals surface area contributed by atoms with E-state index in [-0.39, 0.29) is 0 Å². The van der Waals surface area contributed by atoms with Crippen LogP contribution in [0.15, 0.2) is 6.07 Å². The van der Waals surface area contributed by atoms with Crippen molar-refractivity contribution in [3.05, 3.63) is 22.9 Å². The van der Waals surface area contributed by atoms with Gasteiger partial charge in [-0.3, -0.25) is 0 Å². The molecule has 1 aliphatic carbocycles. The first-order valence-corrected chi connectivity index (χ1v) is 7.96. The van der Waals surface area contributed by atoms with Crippen LogP contribution in [0.4, 0.5) is 5.82 Å². The lowest BCUT2D eigenvalue weighted by atomic mass is 10.1. The van der Waals surface area contributed by atoms with E-state index in [4.69, 9.17) is 0 Å². The molecule has 1 aromatic heterocycles. The second kappa shape index (κ2) is 6.88. The first-order valence-electron chi connectivity index (χ1n) is 7.96. The van der Waals surface area contributed by atoms with Crippen LogP contribution in [-0.4, -0.2) is 49.2 Å². The Balaban J connectivity index is 1.52. The number of nitrogens with zero attached hydrogens (tertiary/aromatic N) is 3. The Labute approximate surface area is 126 Å². The average Bonchev–Trinajstić information content (AvgIpc) is 2.99. The van der Waals surface area contributed by atoms with Gasteiger partial charge < -0.3 is 15.5 Å². The van der Waals surface area contributed by atoms with Crippen molar-refractivity contribution in [3.8, 4) is 6.07 Å². The first-order chi connectivity index (χ1) is 10.4. The molecule has 2 N–H and O–H groups in total. The molecule has 112 valence electrons. The number of aryl methyl sites for hydroxylation is 2. The van der Waals surface area contributed by atoms with Crippen LogP contribution < -0.4 is 10.6 Å². The van der Waals surface area contributed by atoms with Crippen molar-refractivity contribution in [3.63, 3.8) is 0 Å². The summed E-state index contributed by atoms with van der Waals surface area (Å²) in [5.74, 6) is 0.776. The third-order valence-corrected chi connectivity index (χ3v) is 4.32. The highest BCUT2D eigenvalue weighted by atomic mass is 15.2. The molecule has 3 rings (SSSR count). The maximum atomic E-state index is 9.26. The minimum atomic E-state index is 0.692. The quantitative estimate of drug-likeness (QED) is 0.795.